The van der Waals surface area contributed by atoms with E-state index in [4.69, 9.17) is 4.74 Å². The van der Waals surface area contributed by atoms with Gasteiger partial charge in [0.15, 0.2) is 0 Å². The first-order valence-electron chi connectivity index (χ1n) is 11.7. The van der Waals surface area contributed by atoms with Crippen LogP contribution in [0.3, 0.4) is 0 Å². The van der Waals surface area contributed by atoms with Gasteiger partial charge < -0.3 is 25.4 Å². The number of aliphatic hydroxyl groups excluding tert-OH is 1. The highest BCUT2D eigenvalue weighted by Crippen LogP contribution is 2.60. The second kappa shape index (κ2) is 9.04. The molecule has 8 nitrogen and oxygen atoms in total. The number of aryl methyl sites for hydroxylation is 2. The van der Waals surface area contributed by atoms with Crippen LogP contribution < -0.4 is 10.6 Å². The van der Waals surface area contributed by atoms with Gasteiger partial charge in [-0.05, 0) is 43.5 Å². The Bertz CT molecular complexity index is 1150. The molecule has 9 heteroatoms. The molecule has 2 bridgehead atoms. The molecule has 0 radical (unpaired) electrons. The van der Waals surface area contributed by atoms with Crippen LogP contribution in [0.1, 0.15) is 17.5 Å². The van der Waals surface area contributed by atoms with E-state index in [9.17, 15) is 19.5 Å². The van der Waals surface area contributed by atoms with E-state index < -0.39 is 29.6 Å². The Balaban J connectivity index is 1.50. The van der Waals surface area contributed by atoms with Gasteiger partial charge in [-0.25, -0.2) is 0 Å². The largest absolute Gasteiger partial charge is 0.395 e. The highest BCUT2D eigenvalue weighted by molar-refractivity contribution is 9.09. The van der Waals surface area contributed by atoms with Crippen molar-refractivity contribution >= 4 is 45.0 Å². The Kier molecular flexibility index (Phi) is 6.19. The van der Waals surface area contributed by atoms with E-state index in [0.717, 1.165) is 11.1 Å². The lowest BCUT2D eigenvalue weighted by Crippen LogP contribution is -2.54. The molecule has 3 aliphatic rings. The third-order valence-electron chi connectivity index (χ3n) is 7.45. The maximum atomic E-state index is 13.8. The number of nitrogens with zero attached hydrogens (tertiary/aromatic N) is 1. The molecular formula is C26H28BrN3O5. The van der Waals surface area contributed by atoms with E-state index in [1.165, 1.54) is 4.90 Å². The average Bonchev–Trinajstić information content (AvgIpc) is 3.41. The van der Waals surface area contributed by atoms with Crippen LogP contribution in [0.25, 0.3) is 0 Å². The van der Waals surface area contributed by atoms with E-state index in [0.29, 0.717) is 17.8 Å². The number of anilines is 2. The molecular weight excluding hydrogens is 514 g/mol. The van der Waals surface area contributed by atoms with Crippen LogP contribution in [-0.2, 0) is 19.1 Å². The van der Waals surface area contributed by atoms with Gasteiger partial charge in [0.25, 0.3) is 0 Å². The second-order valence-corrected chi connectivity index (χ2v) is 10.7. The lowest BCUT2D eigenvalue weighted by atomic mass is 9.70. The number of carbonyl (C=O) groups excluding carboxylic acids is 3. The van der Waals surface area contributed by atoms with Crippen LogP contribution in [0.15, 0.2) is 48.5 Å². The zero-order chi connectivity index (χ0) is 24.9. The zero-order valence-electron chi connectivity index (χ0n) is 19.5. The molecule has 6 atom stereocenters. The SMILES string of the molecule is Cc1cccc(C)c1NC(=O)C1N(CCO)C(=O)[C@@H]2[C@@H](C(=O)Nc3ccccc3)[C@@H]3OC12CC3Br. The number of halogens is 1. The van der Waals surface area contributed by atoms with Crippen molar-refractivity contribution in [2.45, 2.75) is 42.8 Å². The van der Waals surface area contributed by atoms with Crippen molar-refractivity contribution in [2.75, 3.05) is 23.8 Å². The lowest BCUT2D eigenvalue weighted by Gasteiger charge is -2.34. The molecule has 1 spiro atoms. The number of hydrogen-bond donors (Lipinski definition) is 3. The van der Waals surface area contributed by atoms with Crippen molar-refractivity contribution < 1.29 is 24.2 Å². The maximum Gasteiger partial charge on any atom is 0.250 e. The normalized spacial score (nSPS) is 30.9. The molecule has 3 heterocycles. The fraction of sp³-hybridized carbons (Fsp3) is 0.423. The van der Waals surface area contributed by atoms with Crippen LogP contribution in [-0.4, -0.2) is 63.5 Å². The van der Waals surface area contributed by atoms with Gasteiger partial charge in [0.05, 0.1) is 24.5 Å². The summed E-state index contributed by atoms with van der Waals surface area (Å²) in [5.74, 6) is -2.61. The molecule has 35 heavy (non-hydrogen) atoms. The molecule has 3 N–H and O–H groups in total. The first-order chi connectivity index (χ1) is 16.8. The quantitative estimate of drug-likeness (QED) is 0.487. The van der Waals surface area contributed by atoms with Crippen LogP contribution in [0.2, 0.25) is 0 Å². The topological polar surface area (TPSA) is 108 Å². The van der Waals surface area contributed by atoms with Gasteiger partial charge in [0.1, 0.15) is 11.6 Å². The van der Waals surface area contributed by atoms with Gasteiger partial charge in [0, 0.05) is 22.7 Å². The standard InChI is InChI=1S/C26H28BrN3O5/c1-14-7-6-8-15(2)20(14)29-24(33)22-26-13-17(27)21(35-26)18(19(26)25(34)30(22)11-12-31)23(32)28-16-9-4-3-5-10-16/h3-10,17-19,21-22,31H,11-13H2,1-2H3,(H,28,32)(H,29,33)/t17?,18-,19+,21-,22?,26?/m1/s1. The lowest BCUT2D eigenvalue weighted by molar-refractivity contribution is -0.140. The van der Waals surface area contributed by atoms with E-state index in [1.54, 1.807) is 12.1 Å². The van der Waals surface area contributed by atoms with Crippen molar-refractivity contribution in [1.29, 1.82) is 0 Å². The Labute approximate surface area is 212 Å². The van der Waals surface area contributed by atoms with Crippen molar-refractivity contribution in [3.8, 4) is 0 Å². The van der Waals surface area contributed by atoms with Crippen LogP contribution in [0.5, 0.6) is 0 Å². The van der Waals surface area contributed by atoms with Gasteiger partial charge >= 0.3 is 0 Å². The zero-order valence-corrected chi connectivity index (χ0v) is 21.1. The van der Waals surface area contributed by atoms with Gasteiger partial charge in [-0.1, -0.05) is 52.3 Å². The molecule has 3 unspecified atom stereocenters. The highest BCUT2D eigenvalue weighted by Gasteiger charge is 2.76. The molecule has 2 aromatic rings. The summed E-state index contributed by atoms with van der Waals surface area (Å²) >= 11 is 3.65. The molecule has 3 fully saturated rings. The number of benzene rings is 2. The van der Waals surface area contributed by atoms with Crippen molar-refractivity contribution in [1.82, 2.24) is 4.90 Å². The molecule has 3 aliphatic heterocycles. The summed E-state index contributed by atoms with van der Waals surface area (Å²) < 4.78 is 6.43. The number of alkyl halides is 1. The first-order valence-corrected chi connectivity index (χ1v) is 12.7. The third kappa shape index (κ3) is 3.77. The van der Waals surface area contributed by atoms with E-state index >= 15 is 0 Å². The van der Waals surface area contributed by atoms with Gasteiger partial charge in [-0.15, -0.1) is 0 Å². The Morgan fingerprint density at radius 3 is 2.43 bits per heavy atom. The van der Waals surface area contributed by atoms with Gasteiger partial charge in [-0.3, -0.25) is 14.4 Å². The van der Waals surface area contributed by atoms with E-state index in [1.807, 2.05) is 50.2 Å². The molecule has 3 saturated heterocycles. The predicted molar refractivity (Wildman–Crippen MR) is 134 cm³/mol. The first kappa shape index (κ1) is 24.0. The van der Waals surface area contributed by atoms with E-state index in [-0.39, 0.29) is 35.7 Å². The molecule has 0 saturated carbocycles. The van der Waals surface area contributed by atoms with E-state index in [2.05, 4.69) is 26.6 Å². The molecule has 0 aromatic heterocycles. The van der Waals surface area contributed by atoms with Gasteiger partial charge in [-0.2, -0.15) is 0 Å². The van der Waals surface area contributed by atoms with Crippen molar-refractivity contribution in [3.05, 3.63) is 59.7 Å². The maximum absolute atomic E-state index is 13.8. The Morgan fingerprint density at radius 1 is 1.09 bits per heavy atom. The number of hydrogen-bond acceptors (Lipinski definition) is 5. The fourth-order valence-corrected chi connectivity index (χ4v) is 6.97. The van der Waals surface area contributed by atoms with Crippen molar-refractivity contribution in [3.63, 3.8) is 0 Å². The molecule has 3 amide bonds. The second-order valence-electron chi connectivity index (χ2n) is 9.53. The Morgan fingerprint density at radius 2 is 1.77 bits per heavy atom. The highest BCUT2D eigenvalue weighted by atomic mass is 79.9. The molecule has 2 aromatic carbocycles. The number of aliphatic hydroxyl groups is 1. The number of rotatable bonds is 6. The summed E-state index contributed by atoms with van der Waals surface area (Å²) in [6.07, 6.45) is -0.130. The summed E-state index contributed by atoms with van der Waals surface area (Å²) in [5, 5.41) is 15.6. The predicted octanol–water partition coefficient (Wildman–Crippen LogP) is 2.62. The molecule has 184 valence electrons. The monoisotopic (exact) mass is 541 g/mol. The third-order valence-corrected chi connectivity index (χ3v) is 8.30. The number of ether oxygens (including phenoxy) is 1. The summed E-state index contributed by atoms with van der Waals surface area (Å²) in [5.41, 5.74) is 1.96. The number of amides is 3. The smallest absolute Gasteiger partial charge is 0.250 e. The number of β-amino-alcohol motifs (C(OH)–C–C–N with tert-alkyl or cyclic N) is 1. The van der Waals surface area contributed by atoms with Crippen LogP contribution in [0, 0.1) is 25.7 Å². The summed E-state index contributed by atoms with van der Waals surface area (Å²) in [7, 11) is 0. The molecule has 5 rings (SSSR count). The minimum Gasteiger partial charge on any atom is -0.395 e. The van der Waals surface area contributed by atoms with Crippen molar-refractivity contribution in [2.24, 2.45) is 11.8 Å². The minimum absolute atomic E-state index is 0.0179. The molecule has 0 aliphatic carbocycles. The number of para-hydroxylation sites is 2. The van der Waals surface area contributed by atoms with Gasteiger partial charge in [0.2, 0.25) is 17.7 Å². The Hall–Kier alpha value is -2.75. The minimum atomic E-state index is -1.16. The summed E-state index contributed by atoms with van der Waals surface area (Å²) in [4.78, 5) is 42.1. The number of carbonyl (C=O) groups is 3. The average molecular weight is 542 g/mol. The summed E-state index contributed by atoms with van der Waals surface area (Å²) in [6.45, 7) is 3.50. The number of likely N-dealkylation sites (tertiary alicyclic amines) is 1. The summed E-state index contributed by atoms with van der Waals surface area (Å²) in [6, 6.07) is 13.8. The van der Waals surface area contributed by atoms with Crippen LogP contribution >= 0.6 is 15.9 Å². The van der Waals surface area contributed by atoms with Crippen LogP contribution in [0.4, 0.5) is 11.4 Å². The fourth-order valence-electron chi connectivity index (χ4n) is 6.03. The number of nitrogens with one attached hydrogen (secondary N) is 2. The number of fused-ring (bicyclic) bond motifs is 1.